The van der Waals surface area contributed by atoms with Gasteiger partial charge in [0, 0.05) is 35.2 Å². The summed E-state index contributed by atoms with van der Waals surface area (Å²) >= 11 is 0. The number of aromatic hydroxyl groups is 1. The Labute approximate surface area is 171 Å². The molecule has 2 heterocycles. The maximum atomic E-state index is 12.9. The Morgan fingerprint density at radius 2 is 2.10 bits per heavy atom. The van der Waals surface area contributed by atoms with Crippen LogP contribution in [0.5, 0.6) is 5.75 Å². The highest BCUT2D eigenvalue weighted by Gasteiger charge is 2.58. The molecule has 1 saturated carbocycles. The third-order valence-corrected chi connectivity index (χ3v) is 5.86. The number of benzene rings is 1. The molecule has 0 unspecified atom stereocenters. The maximum absolute atomic E-state index is 12.9. The van der Waals surface area contributed by atoms with Crippen molar-refractivity contribution >= 4 is 17.4 Å². The van der Waals surface area contributed by atoms with Gasteiger partial charge in [-0.2, -0.15) is 13.2 Å². The first-order valence-electron chi connectivity index (χ1n) is 9.49. The molecule has 158 valence electrons. The number of aromatic nitrogens is 1. The van der Waals surface area contributed by atoms with Crippen molar-refractivity contribution < 1.29 is 23.1 Å². The number of halogens is 3. The number of nitrogens with one attached hydrogen (secondary N) is 1. The number of amides is 1. The fourth-order valence-electron chi connectivity index (χ4n) is 4.10. The molecule has 30 heavy (non-hydrogen) atoms. The Bertz CT molecular complexity index is 1060. The van der Waals surface area contributed by atoms with Crippen molar-refractivity contribution in [2.24, 2.45) is 10.4 Å². The van der Waals surface area contributed by atoms with Crippen molar-refractivity contribution in [3.05, 3.63) is 41.0 Å². The molecule has 1 aliphatic heterocycles. The summed E-state index contributed by atoms with van der Waals surface area (Å²) in [7, 11) is 0. The number of pyridine rings is 1. The molecule has 1 aromatic heterocycles. The molecule has 1 aromatic carbocycles. The Balaban J connectivity index is 1.61. The van der Waals surface area contributed by atoms with Gasteiger partial charge >= 0.3 is 6.18 Å². The van der Waals surface area contributed by atoms with Crippen molar-refractivity contribution in [2.45, 2.75) is 38.9 Å². The number of phenols is 1. The van der Waals surface area contributed by atoms with Crippen LogP contribution in [0.3, 0.4) is 0 Å². The highest BCUT2D eigenvalue weighted by atomic mass is 19.4. The first kappa shape index (κ1) is 20.2. The normalized spacial score (nSPS) is 23.7. The van der Waals surface area contributed by atoms with Crippen molar-refractivity contribution in [1.29, 1.82) is 0 Å². The quantitative estimate of drug-likeness (QED) is 0.665. The van der Waals surface area contributed by atoms with E-state index in [0.717, 1.165) is 12.5 Å². The van der Waals surface area contributed by atoms with Crippen molar-refractivity contribution in [1.82, 2.24) is 10.3 Å². The zero-order chi connectivity index (χ0) is 21.8. The lowest BCUT2D eigenvalue weighted by Crippen LogP contribution is -2.15. The molecular formula is C21H21F3N4O2. The Morgan fingerprint density at radius 3 is 2.67 bits per heavy atom. The molecule has 2 aromatic rings. The minimum Gasteiger partial charge on any atom is -0.507 e. The molecule has 1 spiro atoms. The summed E-state index contributed by atoms with van der Waals surface area (Å²) in [4.78, 5) is 20.5. The minimum absolute atomic E-state index is 0.0441. The van der Waals surface area contributed by atoms with E-state index in [1.165, 1.54) is 6.92 Å². The molecule has 1 saturated heterocycles. The monoisotopic (exact) mass is 418 g/mol. The second-order valence-electron chi connectivity index (χ2n) is 8.06. The van der Waals surface area contributed by atoms with Crippen LogP contribution in [0.15, 0.2) is 29.3 Å². The van der Waals surface area contributed by atoms with Crippen LogP contribution in [0, 0.1) is 12.3 Å². The number of aryl methyl sites for hydroxylation is 1. The van der Waals surface area contributed by atoms with E-state index in [0.29, 0.717) is 30.3 Å². The molecule has 0 bridgehead atoms. The summed E-state index contributed by atoms with van der Waals surface area (Å²) in [6.45, 7) is 3.92. The molecule has 6 nitrogen and oxygen atoms in total. The van der Waals surface area contributed by atoms with Crippen LogP contribution in [0.2, 0.25) is 0 Å². The van der Waals surface area contributed by atoms with Gasteiger partial charge in [-0.1, -0.05) is 0 Å². The van der Waals surface area contributed by atoms with E-state index in [4.69, 9.17) is 10.7 Å². The average Bonchev–Trinajstić information content (AvgIpc) is 3.14. The number of nitrogens with two attached hydrogens (primary N) is 1. The average molecular weight is 418 g/mol. The molecule has 9 heteroatoms. The van der Waals surface area contributed by atoms with Gasteiger partial charge in [0.05, 0.1) is 17.3 Å². The highest BCUT2D eigenvalue weighted by molar-refractivity contribution is 6.03. The van der Waals surface area contributed by atoms with E-state index >= 15 is 0 Å². The lowest BCUT2D eigenvalue weighted by Gasteiger charge is -2.14. The smallest absolute Gasteiger partial charge is 0.416 e. The van der Waals surface area contributed by atoms with Crippen molar-refractivity contribution in [3.8, 4) is 17.0 Å². The van der Waals surface area contributed by atoms with Gasteiger partial charge in [-0.05, 0) is 50.1 Å². The van der Waals surface area contributed by atoms with Gasteiger partial charge in [0.15, 0.2) is 0 Å². The van der Waals surface area contributed by atoms with Crippen LogP contribution in [0.4, 0.5) is 19.0 Å². The fourth-order valence-corrected chi connectivity index (χ4v) is 4.10. The summed E-state index contributed by atoms with van der Waals surface area (Å²) in [5.74, 6) is -0.295. The third-order valence-electron chi connectivity index (χ3n) is 5.86. The number of anilines is 1. The maximum Gasteiger partial charge on any atom is 0.416 e. The lowest BCUT2D eigenvalue weighted by molar-refractivity contribution is -0.137. The Kier molecular flexibility index (Phi) is 4.52. The van der Waals surface area contributed by atoms with Gasteiger partial charge in [0.2, 0.25) is 5.91 Å². The zero-order valence-corrected chi connectivity index (χ0v) is 16.5. The first-order chi connectivity index (χ1) is 14.0. The number of carbonyl (C=O) groups is 1. The van der Waals surface area contributed by atoms with Crippen LogP contribution in [-0.2, 0) is 11.0 Å². The summed E-state index contributed by atoms with van der Waals surface area (Å²) in [5, 5.41) is 13.0. The molecular weight excluding hydrogens is 397 g/mol. The Morgan fingerprint density at radius 1 is 1.37 bits per heavy atom. The fraction of sp³-hybridized carbons (Fsp3) is 0.381. The van der Waals surface area contributed by atoms with Crippen molar-refractivity contribution in [3.63, 3.8) is 0 Å². The number of nitrogen functional groups attached to an aromatic ring is 1. The predicted molar refractivity (Wildman–Crippen MR) is 106 cm³/mol. The molecule has 2 aliphatic rings. The highest BCUT2D eigenvalue weighted by Crippen LogP contribution is 2.53. The molecule has 4 rings (SSSR count). The topological polar surface area (TPSA) is 101 Å². The van der Waals surface area contributed by atoms with Gasteiger partial charge < -0.3 is 16.2 Å². The zero-order valence-electron chi connectivity index (χ0n) is 16.5. The van der Waals surface area contributed by atoms with E-state index < -0.39 is 17.5 Å². The second-order valence-corrected chi connectivity index (χ2v) is 8.06. The van der Waals surface area contributed by atoms with E-state index in [-0.39, 0.29) is 40.0 Å². The molecule has 2 atom stereocenters. The SMILES string of the molecule is CC(=N[C@H]1C[C@@]12CNC(=O)C2)c1ccc(-c2c(C)cc(C(F)(F)F)cc2O)nc1N. The number of aliphatic imine (C=N–C) groups is 1. The molecule has 1 amide bonds. The number of rotatable bonds is 3. The number of alkyl halides is 3. The summed E-state index contributed by atoms with van der Waals surface area (Å²) in [6, 6.07) is 5.00. The van der Waals surface area contributed by atoms with Crippen LogP contribution < -0.4 is 11.1 Å². The second kappa shape index (κ2) is 6.72. The van der Waals surface area contributed by atoms with Gasteiger partial charge in [0.25, 0.3) is 0 Å². The van der Waals surface area contributed by atoms with E-state index in [9.17, 15) is 23.1 Å². The number of hydrogen-bond acceptors (Lipinski definition) is 5. The number of carbonyl (C=O) groups excluding carboxylic acids is 1. The summed E-state index contributed by atoms with van der Waals surface area (Å²) in [6.07, 6.45) is -3.23. The van der Waals surface area contributed by atoms with Crippen LogP contribution in [0.25, 0.3) is 11.3 Å². The number of nitrogens with zero attached hydrogens (tertiary/aromatic N) is 2. The third kappa shape index (κ3) is 3.48. The molecule has 2 fully saturated rings. The first-order valence-corrected chi connectivity index (χ1v) is 9.49. The molecule has 0 radical (unpaired) electrons. The van der Waals surface area contributed by atoms with Crippen LogP contribution >= 0.6 is 0 Å². The van der Waals surface area contributed by atoms with Gasteiger partial charge in [0.1, 0.15) is 11.6 Å². The molecule has 1 aliphatic carbocycles. The van der Waals surface area contributed by atoms with Crippen molar-refractivity contribution in [2.75, 3.05) is 12.3 Å². The summed E-state index contributed by atoms with van der Waals surface area (Å²) in [5.41, 5.74) is 7.10. The van der Waals surface area contributed by atoms with Gasteiger partial charge in [-0.3, -0.25) is 9.79 Å². The lowest BCUT2D eigenvalue weighted by atomic mass is 9.99. The standard InChI is InChI=1S/C21H21F3N4O2/c1-10-5-12(21(22,23)24)6-15(29)18(10)14-4-3-13(19(25)28-14)11(2)27-16-7-20(16)8-17(30)26-9-20/h3-6,16,29H,7-9H2,1-2H3,(H2,25,28)(H,26,30)/t16-,20+/m0/s1. The van der Waals surface area contributed by atoms with E-state index in [1.54, 1.807) is 12.1 Å². The number of phenolic OH excluding ortho intramolecular Hbond substituents is 1. The number of hydrogen-bond donors (Lipinski definition) is 3. The minimum atomic E-state index is -4.55. The van der Waals surface area contributed by atoms with Crippen LogP contribution in [-0.4, -0.2) is 34.3 Å². The largest absolute Gasteiger partial charge is 0.507 e. The van der Waals surface area contributed by atoms with Gasteiger partial charge in [-0.15, -0.1) is 0 Å². The Hall–Kier alpha value is -3.10. The summed E-state index contributed by atoms with van der Waals surface area (Å²) < 4.78 is 38.8. The van der Waals surface area contributed by atoms with E-state index in [2.05, 4.69) is 10.3 Å². The van der Waals surface area contributed by atoms with Crippen LogP contribution in [0.1, 0.15) is 36.5 Å². The predicted octanol–water partition coefficient (Wildman–Crippen LogP) is 3.45. The van der Waals surface area contributed by atoms with E-state index in [1.807, 2.05) is 6.92 Å². The molecule has 4 N–H and O–H groups in total. The van der Waals surface area contributed by atoms with Gasteiger partial charge in [-0.25, -0.2) is 4.98 Å².